The Morgan fingerprint density at radius 3 is 3.14 bits per heavy atom. The Balaban J connectivity index is 1.96. The number of rotatable bonds is 4. The fourth-order valence-corrected chi connectivity index (χ4v) is 1.14. The Labute approximate surface area is 81.7 Å². The minimum absolute atomic E-state index is 0.178. The summed E-state index contributed by atoms with van der Waals surface area (Å²) in [7, 11) is 0. The van der Waals surface area contributed by atoms with Gasteiger partial charge in [0, 0.05) is 19.0 Å². The standard InChI is InChI=1S/C9H13N3O2/c10-4-3-8-11-5-7(14-8)9(13)12-6-1-2-6/h5-6H,1-4,10H2,(H,12,13). The summed E-state index contributed by atoms with van der Waals surface area (Å²) in [6, 6.07) is 0.338. The van der Waals surface area contributed by atoms with Gasteiger partial charge in [0.2, 0.25) is 5.76 Å². The zero-order chi connectivity index (χ0) is 9.97. The van der Waals surface area contributed by atoms with Crippen LogP contribution in [0.2, 0.25) is 0 Å². The molecule has 0 atom stereocenters. The molecule has 0 aromatic carbocycles. The van der Waals surface area contributed by atoms with Gasteiger partial charge in [-0.1, -0.05) is 0 Å². The Kier molecular flexibility index (Phi) is 2.49. The van der Waals surface area contributed by atoms with Gasteiger partial charge in [0.1, 0.15) is 0 Å². The lowest BCUT2D eigenvalue weighted by Crippen LogP contribution is -2.24. The molecule has 1 amide bonds. The average molecular weight is 195 g/mol. The summed E-state index contributed by atoms with van der Waals surface area (Å²) < 4.78 is 5.21. The second kappa shape index (κ2) is 3.79. The molecule has 14 heavy (non-hydrogen) atoms. The number of oxazole rings is 1. The van der Waals surface area contributed by atoms with Gasteiger partial charge in [0.25, 0.3) is 5.91 Å². The van der Waals surface area contributed by atoms with E-state index < -0.39 is 0 Å². The molecule has 0 saturated heterocycles. The van der Waals surface area contributed by atoms with E-state index in [4.69, 9.17) is 10.2 Å². The normalized spacial score (nSPS) is 15.5. The number of aromatic nitrogens is 1. The van der Waals surface area contributed by atoms with Crippen LogP contribution in [0.4, 0.5) is 0 Å². The fourth-order valence-electron chi connectivity index (χ4n) is 1.14. The first-order valence-electron chi connectivity index (χ1n) is 4.75. The van der Waals surface area contributed by atoms with E-state index in [0.29, 0.717) is 24.9 Å². The van der Waals surface area contributed by atoms with Crippen LogP contribution in [0.3, 0.4) is 0 Å². The van der Waals surface area contributed by atoms with Crippen molar-refractivity contribution in [3.05, 3.63) is 17.8 Å². The van der Waals surface area contributed by atoms with Crippen LogP contribution in [-0.2, 0) is 6.42 Å². The van der Waals surface area contributed by atoms with Crippen molar-refractivity contribution in [2.24, 2.45) is 5.73 Å². The van der Waals surface area contributed by atoms with Gasteiger partial charge in [0.05, 0.1) is 6.20 Å². The highest BCUT2D eigenvalue weighted by atomic mass is 16.4. The van der Waals surface area contributed by atoms with Gasteiger partial charge in [-0.15, -0.1) is 0 Å². The molecule has 2 rings (SSSR count). The van der Waals surface area contributed by atoms with E-state index in [1.54, 1.807) is 0 Å². The molecule has 5 heteroatoms. The fraction of sp³-hybridized carbons (Fsp3) is 0.556. The third-order valence-corrected chi connectivity index (χ3v) is 2.05. The predicted octanol–water partition coefficient (Wildman–Crippen LogP) is 0.0680. The molecule has 0 radical (unpaired) electrons. The number of nitrogens with two attached hydrogens (primary N) is 1. The minimum Gasteiger partial charge on any atom is -0.436 e. The number of amides is 1. The molecular weight excluding hydrogens is 182 g/mol. The lowest BCUT2D eigenvalue weighted by molar-refractivity contribution is 0.0921. The Bertz CT molecular complexity index is 331. The molecule has 1 fully saturated rings. The minimum atomic E-state index is -0.178. The Morgan fingerprint density at radius 1 is 1.71 bits per heavy atom. The van der Waals surface area contributed by atoms with E-state index >= 15 is 0 Å². The smallest absolute Gasteiger partial charge is 0.288 e. The maximum absolute atomic E-state index is 11.4. The van der Waals surface area contributed by atoms with Crippen molar-refractivity contribution in [3.63, 3.8) is 0 Å². The zero-order valence-electron chi connectivity index (χ0n) is 7.82. The highest BCUT2D eigenvalue weighted by Gasteiger charge is 2.25. The number of hydrogen-bond acceptors (Lipinski definition) is 4. The van der Waals surface area contributed by atoms with Crippen LogP contribution in [0.15, 0.2) is 10.6 Å². The quantitative estimate of drug-likeness (QED) is 0.712. The number of carbonyl (C=O) groups is 1. The molecule has 0 spiro atoms. The molecular formula is C9H13N3O2. The molecule has 1 aliphatic carbocycles. The monoisotopic (exact) mass is 195 g/mol. The van der Waals surface area contributed by atoms with Gasteiger partial charge in [0.15, 0.2) is 5.89 Å². The van der Waals surface area contributed by atoms with Crippen LogP contribution in [-0.4, -0.2) is 23.5 Å². The third kappa shape index (κ3) is 2.11. The van der Waals surface area contributed by atoms with E-state index in [9.17, 15) is 4.79 Å². The van der Waals surface area contributed by atoms with Crippen molar-refractivity contribution in [1.29, 1.82) is 0 Å². The van der Waals surface area contributed by atoms with E-state index in [1.165, 1.54) is 6.20 Å². The van der Waals surface area contributed by atoms with Crippen molar-refractivity contribution < 1.29 is 9.21 Å². The van der Waals surface area contributed by atoms with Crippen molar-refractivity contribution in [1.82, 2.24) is 10.3 Å². The van der Waals surface area contributed by atoms with Gasteiger partial charge >= 0.3 is 0 Å². The molecule has 1 saturated carbocycles. The van der Waals surface area contributed by atoms with Crippen LogP contribution in [0.5, 0.6) is 0 Å². The molecule has 1 aromatic heterocycles. The predicted molar refractivity (Wildman–Crippen MR) is 49.7 cm³/mol. The first kappa shape index (κ1) is 9.21. The summed E-state index contributed by atoms with van der Waals surface area (Å²) in [5.74, 6) is 0.622. The summed E-state index contributed by atoms with van der Waals surface area (Å²) in [4.78, 5) is 15.4. The largest absolute Gasteiger partial charge is 0.436 e. The lowest BCUT2D eigenvalue weighted by atomic mass is 10.4. The highest BCUT2D eigenvalue weighted by molar-refractivity contribution is 5.91. The molecule has 0 bridgehead atoms. The summed E-state index contributed by atoms with van der Waals surface area (Å²) >= 11 is 0. The summed E-state index contributed by atoms with van der Waals surface area (Å²) in [6.07, 6.45) is 4.14. The van der Waals surface area contributed by atoms with Crippen LogP contribution in [0.1, 0.15) is 29.3 Å². The number of nitrogens with one attached hydrogen (secondary N) is 1. The van der Waals surface area contributed by atoms with Gasteiger partial charge < -0.3 is 15.5 Å². The van der Waals surface area contributed by atoms with E-state index in [0.717, 1.165) is 12.8 Å². The van der Waals surface area contributed by atoms with Crippen LogP contribution in [0, 0.1) is 0 Å². The molecule has 1 aliphatic rings. The Morgan fingerprint density at radius 2 is 2.50 bits per heavy atom. The molecule has 76 valence electrons. The molecule has 0 aliphatic heterocycles. The maximum Gasteiger partial charge on any atom is 0.288 e. The average Bonchev–Trinajstić information content (AvgIpc) is 2.83. The van der Waals surface area contributed by atoms with Crippen LogP contribution >= 0.6 is 0 Å². The topological polar surface area (TPSA) is 81.1 Å². The second-order valence-electron chi connectivity index (χ2n) is 3.40. The van der Waals surface area contributed by atoms with Crippen LogP contribution in [0.25, 0.3) is 0 Å². The second-order valence-corrected chi connectivity index (χ2v) is 3.40. The number of hydrogen-bond donors (Lipinski definition) is 2. The molecule has 5 nitrogen and oxygen atoms in total. The summed E-state index contributed by atoms with van der Waals surface area (Å²) in [6.45, 7) is 0.476. The van der Waals surface area contributed by atoms with Crippen molar-refractivity contribution in [2.45, 2.75) is 25.3 Å². The molecule has 3 N–H and O–H groups in total. The van der Waals surface area contributed by atoms with Gasteiger partial charge in [-0.2, -0.15) is 0 Å². The van der Waals surface area contributed by atoms with Crippen molar-refractivity contribution >= 4 is 5.91 Å². The first-order valence-corrected chi connectivity index (χ1v) is 4.75. The van der Waals surface area contributed by atoms with E-state index in [-0.39, 0.29) is 11.7 Å². The SMILES string of the molecule is NCCc1ncc(C(=O)NC2CC2)o1. The van der Waals surface area contributed by atoms with Crippen molar-refractivity contribution in [2.75, 3.05) is 6.54 Å². The maximum atomic E-state index is 11.4. The summed E-state index contributed by atoms with van der Waals surface area (Å²) in [5.41, 5.74) is 5.34. The van der Waals surface area contributed by atoms with Gasteiger partial charge in [-0.05, 0) is 12.8 Å². The number of carbonyl (C=O) groups excluding carboxylic acids is 1. The highest BCUT2D eigenvalue weighted by Crippen LogP contribution is 2.19. The Hall–Kier alpha value is -1.36. The van der Waals surface area contributed by atoms with Gasteiger partial charge in [-0.25, -0.2) is 4.98 Å². The zero-order valence-corrected chi connectivity index (χ0v) is 7.82. The first-order chi connectivity index (χ1) is 6.79. The van der Waals surface area contributed by atoms with E-state index in [2.05, 4.69) is 10.3 Å². The number of nitrogens with zero attached hydrogens (tertiary/aromatic N) is 1. The summed E-state index contributed by atoms with van der Waals surface area (Å²) in [5, 5.41) is 2.82. The van der Waals surface area contributed by atoms with E-state index in [1.807, 2.05) is 0 Å². The third-order valence-electron chi connectivity index (χ3n) is 2.05. The molecule has 1 aromatic rings. The van der Waals surface area contributed by atoms with Crippen LogP contribution < -0.4 is 11.1 Å². The lowest BCUT2D eigenvalue weighted by Gasteiger charge is -1.97. The molecule has 0 unspecified atom stereocenters. The van der Waals surface area contributed by atoms with Gasteiger partial charge in [-0.3, -0.25) is 4.79 Å². The molecule has 1 heterocycles. The van der Waals surface area contributed by atoms with Crippen molar-refractivity contribution in [3.8, 4) is 0 Å².